The van der Waals surface area contributed by atoms with Crippen LogP contribution < -0.4 is 5.32 Å². The zero-order valence-electron chi connectivity index (χ0n) is 7.82. The Kier molecular flexibility index (Phi) is 5.61. The predicted molar refractivity (Wildman–Crippen MR) is 57.7 cm³/mol. The molecule has 4 heteroatoms. The molecule has 12 heavy (non-hydrogen) atoms. The van der Waals surface area contributed by atoms with Gasteiger partial charge in [-0.1, -0.05) is 22.6 Å². The summed E-state index contributed by atoms with van der Waals surface area (Å²) < 4.78 is 6.08. The van der Waals surface area contributed by atoms with Crippen LogP contribution in [0.5, 0.6) is 0 Å². The highest BCUT2D eigenvalue weighted by Gasteiger charge is 2.14. The standard InChI is InChI=1S/C8H16INO2/c1-8(2,3)12-7(11)10-6-4-5-9/h4-6H2,1-3H3,(H,10,11). The molecule has 72 valence electrons. The molecular weight excluding hydrogens is 269 g/mol. The number of alkyl carbamates (subject to hydrolysis) is 1. The van der Waals surface area contributed by atoms with Crippen molar-refractivity contribution in [3.63, 3.8) is 0 Å². The van der Waals surface area contributed by atoms with E-state index in [0.717, 1.165) is 10.8 Å². The predicted octanol–water partition coefficient (Wildman–Crippen LogP) is 2.34. The first-order valence-corrected chi connectivity index (χ1v) is 5.51. The molecule has 0 spiro atoms. The van der Waals surface area contributed by atoms with Gasteiger partial charge in [-0.3, -0.25) is 0 Å². The van der Waals surface area contributed by atoms with Crippen LogP contribution in [0.1, 0.15) is 27.2 Å². The van der Waals surface area contributed by atoms with E-state index in [4.69, 9.17) is 4.74 Å². The number of hydrogen-bond acceptors (Lipinski definition) is 2. The van der Waals surface area contributed by atoms with Crippen molar-refractivity contribution < 1.29 is 9.53 Å². The fourth-order valence-electron chi connectivity index (χ4n) is 0.571. The maximum atomic E-state index is 11.0. The van der Waals surface area contributed by atoms with Gasteiger partial charge >= 0.3 is 6.09 Å². The summed E-state index contributed by atoms with van der Waals surface area (Å²) in [5.41, 5.74) is -0.394. The molecule has 0 fully saturated rings. The van der Waals surface area contributed by atoms with Crippen molar-refractivity contribution in [2.24, 2.45) is 0 Å². The Morgan fingerprint density at radius 2 is 2.08 bits per heavy atom. The Balaban J connectivity index is 3.47. The van der Waals surface area contributed by atoms with E-state index < -0.39 is 5.60 Å². The molecule has 0 aliphatic rings. The number of carbonyl (C=O) groups is 1. The van der Waals surface area contributed by atoms with E-state index in [1.807, 2.05) is 20.8 Å². The third kappa shape index (κ3) is 8.10. The summed E-state index contributed by atoms with van der Waals surface area (Å²) >= 11 is 2.27. The molecule has 0 aliphatic heterocycles. The van der Waals surface area contributed by atoms with Crippen LogP contribution in [0.4, 0.5) is 4.79 Å². The molecule has 0 aromatic rings. The molecule has 1 amide bonds. The third-order valence-corrected chi connectivity index (χ3v) is 1.74. The number of hydrogen-bond donors (Lipinski definition) is 1. The lowest BCUT2D eigenvalue weighted by Gasteiger charge is -2.19. The molecule has 0 atom stereocenters. The Bertz CT molecular complexity index is 142. The first-order chi connectivity index (χ1) is 5.45. The van der Waals surface area contributed by atoms with Gasteiger partial charge in [0.15, 0.2) is 0 Å². The fourth-order valence-corrected chi connectivity index (χ4v) is 0.953. The van der Waals surface area contributed by atoms with Crippen LogP contribution in [0.25, 0.3) is 0 Å². The average molecular weight is 285 g/mol. The van der Waals surface area contributed by atoms with Crippen LogP contribution in [0.15, 0.2) is 0 Å². The molecular formula is C8H16INO2. The minimum Gasteiger partial charge on any atom is -0.444 e. The minimum absolute atomic E-state index is 0.327. The van der Waals surface area contributed by atoms with Gasteiger partial charge in [-0.15, -0.1) is 0 Å². The van der Waals surface area contributed by atoms with E-state index in [1.54, 1.807) is 0 Å². The van der Waals surface area contributed by atoms with Crippen molar-refractivity contribution in [1.82, 2.24) is 5.32 Å². The van der Waals surface area contributed by atoms with Crippen LogP contribution in [-0.4, -0.2) is 22.7 Å². The summed E-state index contributed by atoms with van der Waals surface area (Å²) in [6, 6.07) is 0. The largest absolute Gasteiger partial charge is 0.444 e. The maximum absolute atomic E-state index is 11.0. The quantitative estimate of drug-likeness (QED) is 0.491. The summed E-state index contributed by atoms with van der Waals surface area (Å²) in [6.45, 7) is 6.25. The SMILES string of the molecule is CC(C)(C)OC(=O)NCCCI. The number of carbonyl (C=O) groups excluding carboxylic acids is 1. The van der Waals surface area contributed by atoms with Crippen molar-refractivity contribution in [3.05, 3.63) is 0 Å². The van der Waals surface area contributed by atoms with Crippen molar-refractivity contribution in [2.45, 2.75) is 32.8 Å². The van der Waals surface area contributed by atoms with Crippen molar-refractivity contribution in [2.75, 3.05) is 11.0 Å². The second-order valence-electron chi connectivity index (χ2n) is 3.47. The van der Waals surface area contributed by atoms with E-state index in [2.05, 4.69) is 27.9 Å². The summed E-state index contributed by atoms with van der Waals surface area (Å²) in [7, 11) is 0. The summed E-state index contributed by atoms with van der Waals surface area (Å²) in [6.07, 6.45) is 0.659. The van der Waals surface area contributed by atoms with E-state index >= 15 is 0 Å². The molecule has 0 aromatic carbocycles. The Labute approximate surface area is 87.4 Å². The number of halogens is 1. The number of nitrogens with one attached hydrogen (secondary N) is 1. The average Bonchev–Trinajstić information content (AvgIpc) is 1.84. The van der Waals surface area contributed by atoms with Crippen molar-refractivity contribution >= 4 is 28.7 Å². The van der Waals surface area contributed by atoms with Crippen LogP contribution >= 0.6 is 22.6 Å². The van der Waals surface area contributed by atoms with Gasteiger partial charge in [0.2, 0.25) is 0 Å². The van der Waals surface area contributed by atoms with Gasteiger partial charge in [0.1, 0.15) is 5.60 Å². The van der Waals surface area contributed by atoms with Gasteiger partial charge in [0.25, 0.3) is 0 Å². The summed E-state index contributed by atoms with van der Waals surface area (Å²) in [4.78, 5) is 11.0. The van der Waals surface area contributed by atoms with Crippen LogP contribution in [0, 0.1) is 0 Å². The minimum atomic E-state index is -0.394. The van der Waals surface area contributed by atoms with Gasteiger partial charge in [-0.25, -0.2) is 4.79 Å². The number of alkyl halides is 1. The molecule has 0 heterocycles. The van der Waals surface area contributed by atoms with Gasteiger partial charge in [0.05, 0.1) is 0 Å². The van der Waals surface area contributed by atoms with Crippen LogP contribution in [0.3, 0.4) is 0 Å². The zero-order chi connectivity index (χ0) is 9.61. The molecule has 0 aromatic heterocycles. The lowest BCUT2D eigenvalue weighted by atomic mass is 10.2. The zero-order valence-corrected chi connectivity index (χ0v) is 9.97. The molecule has 0 aliphatic carbocycles. The molecule has 0 unspecified atom stereocenters. The Hall–Kier alpha value is 0. The Morgan fingerprint density at radius 1 is 1.50 bits per heavy atom. The molecule has 0 rings (SSSR count). The van der Waals surface area contributed by atoms with E-state index in [9.17, 15) is 4.79 Å². The third-order valence-electron chi connectivity index (χ3n) is 0.979. The number of ether oxygens (including phenoxy) is 1. The van der Waals surface area contributed by atoms with Crippen LogP contribution in [0.2, 0.25) is 0 Å². The Morgan fingerprint density at radius 3 is 2.50 bits per heavy atom. The lowest BCUT2D eigenvalue weighted by molar-refractivity contribution is 0.0528. The van der Waals surface area contributed by atoms with Gasteiger partial charge in [0, 0.05) is 11.0 Å². The molecule has 0 bridgehead atoms. The van der Waals surface area contributed by atoms with Crippen molar-refractivity contribution in [1.29, 1.82) is 0 Å². The fraction of sp³-hybridized carbons (Fsp3) is 0.875. The van der Waals surface area contributed by atoms with Gasteiger partial charge in [-0.05, 0) is 27.2 Å². The molecule has 0 saturated heterocycles. The highest BCUT2D eigenvalue weighted by Crippen LogP contribution is 2.06. The van der Waals surface area contributed by atoms with E-state index in [0.29, 0.717) is 6.54 Å². The monoisotopic (exact) mass is 285 g/mol. The van der Waals surface area contributed by atoms with Gasteiger partial charge in [-0.2, -0.15) is 0 Å². The van der Waals surface area contributed by atoms with Gasteiger partial charge < -0.3 is 10.1 Å². The van der Waals surface area contributed by atoms with E-state index in [-0.39, 0.29) is 6.09 Å². The maximum Gasteiger partial charge on any atom is 0.407 e. The highest BCUT2D eigenvalue weighted by atomic mass is 127. The summed E-state index contributed by atoms with van der Waals surface area (Å²) in [5, 5.41) is 2.67. The lowest BCUT2D eigenvalue weighted by Crippen LogP contribution is -2.33. The topological polar surface area (TPSA) is 38.3 Å². The second-order valence-corrected chi connectivity index (χ2v) is 4.55. The van der Waals surface area contributed by atoms with Crippen LogP contribution in [-0.2, 0) is 4.74 Å². The summed E-state index contributed by atoms with van der Waals surface area (Å²) in [5.74, 6) is 0. The first kappa shape index (κ1) is 12.0. The number of rotatable bonds is 3. The first-order valence-electron chi connectivity index (χ1n) is 3.98. The van der Waals surface area contributed by atoms with Crippen molar-refractivity contribution in [3.8, 4) is 0 Å². The molecule has 1 N–H and O–H groups in total. The highest BCUT2D eigenvalue weighted by molar-refractivity contribution is 14.1. The second kappa shape index (κ2) is 5.61. The van der Waals surface area contributed by atoms with E-state index in [1.165, 1.54) is 0 Å². The normalized spacial score (nSPS) is 11.0. The molecule has 3 nitrogen and oxygen atoms in total. The molecule has 0 radical (unpaired) electrons. The molecule has 0 saturated carbocycles. The smallest absolute Gasteiger partial charge is 0.407 e. The number of amides is 1.